The van der Waals surface area contributed by atoms with Crippen molar-refractivity contribution in [3.8, 4) is 5.75 Å². The smallest absolute Gasteiger partial charge is 0.260 e. The molecule has 0 saturated heterocycles. The van der Waals surface area contributed by atoms with Gasteiger partial charge in [-0.15, -0.1) is 0 Å². The number of amides is 1. The summed E-state index contributed by atoms with van der Waals surface area (Å²) in [4.78, 5) is 13.2. The normalized spacial score (nSPS) is 10.2. The summed E-state index contributed by atoms with van der Waals surface area (Å²) >= 11 is 3.46. The maximum atomic E-state index is 11.6. The summed E-state index contributed by atoms with van der Waals surface area (Å²) in [5.41, 5.74) is 6.63. The van der Waals surface area contributed by atoms with Gasteiger partial charge in [0.05, 0.1) is 0 Å². The zero-order valence-corrected chi connectivity index (χ0v) is 12.4. The van der Waals surface area contributed by atoms with E-state index in [1.54, 1.807) is 11.9 Å². The van der Waals surface area contributed by atoms with Crippen LogP contribution in [0.5, 0.6) is 5.75 Å². The lowest BCUT2D eigenvalue weighted by atomic mass is 10.1. The minimum absolute atomic E-state index is 0.0270. The average Bonchev–Trinajstić information content (AvgIpc) is 2.38. The van der Waals surface area contributed by atoms with Gasteiger partial charge < -0.3 is 15.4 Å². The quantitative estimate of drug-likeness (QED) is 0.871. The zero-order valence-electron chi connectivity index (χ0n) is 10.8. The Hall–Kier alpha value is -1.07. The van der Waals surface area contributed by atoms with Gasteiger partial charge >= 0.3 is 0 Å². The van der Waals surface area contributed by atoms with Crippen LogP contribution in [0.15, 0.2) is 22.7 Å². The Morgan fingerprint density at radius 3 is 2.83 bits per heavy atom. The van der Waals surface area contributed by atoms with Gasteiger partial charge in [0.15, 0.2) is 6.61 Å². The summed E-state index contributed by atoms with van der Waals surface area (Å²) in [5, 5.41) is 0. The summed E-state index contributed by atoms with van der Waals surface area (Å²) in [6.45, 7) is 3.26. The fourth-order valence-electron chi connectivity index (χ4n) is 1.42. The molecule has 1 amide bonds. The molecule has 0 aliphatic carbocycles. The van der Waals surface area contributed by atoms with Gasteiger partial charge in [0.2, 0.25) is 0 Å². The molecule has 0 aromatic heterocycles. The van der Waals surface area contributed by atoms with Crippen molar-refractivity contribution in [3.63, 3.8) is 0 Å². The van der Waals surface area contributed by atoms with E-state index >= 15 is 0 Å². The second-order valence-corrected chi connectivity index (χ2v) is 4.84. The Labute approximate surface area is 116 Å². The number of halogens is 1. The number of rotatable bonds is 6. The van der Waals surface area contributed by atoms with E-state index in [1.165, 1.54) is 0 Å². The van der Waals surface area contributed by atoms with Crippen LogP contribution in [0.2, 0.25) is 0 Å². The fraction of sp³-hybridized carbons (Fsp3) is 0.462. The number of hydrogen-bond acceptors (Lipinski definition) is 3. The minimum atomic E-state index is -0.0270. The molecule has 0 aliphatic rings. The molecule has 0 saturated carbocycles. The van der Waals surface area contributed by atoms with E-state index in [0.29, 0.717) is 18.8 Å². The summed E-state index contributed by atoms with van der Waals surface area (Å²) < 4.78 is 6.49. The van der Waals surface area contributed by atoms with Gasteiger partial charge in [0.1, 0.15) is 5.75 Å². The van der Waals surface area contributed by atoms with Gasteiger partial charge in [0, 0.05) is 18.1 Å². The summed E-state index contributed by atoms with van der Waals surface area (Å²) in [7, 11) is 1.76. The fourth-order valence-corrected chi connectivity index (χ4v) is 1.86. The molecule has 0 atom stereocenters. The lowest BCUT2D eigenvalue weighted by molar-refractivity contribution is -0.131. The van der Waals surface area contributed by atoms with Crippen molar-refractivity contribution >= 4 is 21.8 Å². The van der Waals surface area contributed by atoms with Crippen LogP contribution in [0.1, 0.15) is 12.5 Å². The third-order valence-electron chi connectivity index (χ3n) is 2.69. The molecule has 0 radical (unpaired) electrons. The van der Waals surface area contributed by atoms with Crippen molar-refractivity contribution in [3.05, 3.63) is 28.2 Å². The Kier molecular flexibility index (Phi) is 6.15. The molecule has 1 aromatic rings. The molecule has 1 aromatic carbocycles. The number of carbonyl (C=O) groups excluding carboxylic acids is 1. The van der Waals surface area contributed by atoms with Crippen molar-refractivity contribution in [2.45, 2.75) is 13.3 Å². The lowest BCUT2D eigenvalue weighted by Crippen LogP contribution is -2.31. The van der Waals surface area contributed by atoms with Crippen LogP contribution >= 0.6 is 15.9 Å². The predicted octanol–water partition coefficient (Wildman–Crippen LogP) is 1.81. The number of hydrogen-bond donors (Lipinski definition) is 1. The molecule has 18 heavy (non-hydrogen) atoms. The molecule has 1 rings (SSSR count). The minimum Gasteiger partial charge on any atom is -0.484 e. The van der Waals surface area contributed by atoms with Crippen LogP contribution in [-0.4, -0.2) is 37.6 Å². The van der Waals surface area contributed by atoms with Crippen molar-refractivity contribution in [1.29, 1.82) is 0 Å². The van der Waals surface area contributed by atoms with Crippen LogP contribution in [0.3, 0.4) is 0 Å². The molecule has 0 bridgehead atoms. The molecule has 5 heteroatoms. The highest BCUT2D eigenvalue weighted by atomic mass is 79.9. The second kappa shape index (κ2) is 7.38. The van der Waals surface area contributed by atoms with E-state index in [-0.39, 0.29) is 12.5 Å². The van der Waals surface area contributed by atoms with Gasteiger partial charge in [-0.2, -0.15) is 0 Å². The second-order valence-electron chi connectivity index (χ2n) is 3.99. The van der Waals surface area contributed by atoms with E-state index in [0.717, 1.165) is 16.5 Å². The van der Waals surface area contributed by atoms with E-state index < -0.39 is 0 Å². The van der Waals surface area contributed by atoms with Crippen molar-refractivity contribution in [2.75, 3.05) is 26.7 Å². The van der Waals surface area contributed by atoms with E-state index in [9.17, 15) is 4.79 Å². The third-order valence-corrected chi connectivity index (χ3v) is 3.47. The number of nitrogens with zero attached hydrogens (tertiary/aromatic N) is 1. The molecular formula is C13H19BrN2O2. The van der Waals surface area contributed by atoms with E-state index in [1.807, 2.05) is 25.1 Å². The van der Waals surface area contributed by atoms with Gasteiger partial charge in [0.25, 0.3) is 5.91 Å². The number of nitrogens with two attached hydrogens (primary N) is 1. The molecule has 0 unspecified atom stereocenters. The van der Waals surface area contributed by atoms with Gasteiger partial charge in [-0.25, -0.2) is 0 Å². The van der Waals surface area contributed by atoms with Crippen molar-refractivity contribution in [2.24, 2.45) is 5.73 Å². The van der Waals surface area contributed by atoms with Crippen LogP contribution in [0, 0.1) is 0 Å². The van der Waals surface area contributed by atoms with Gasteiger partial charge in [-0.3, -0.25) is 4.79 Å². The van der Waals surface area contributed by atoms with E-state index in [2.05, 4.69) is 15.9 Å². The highest BCUT2D eigenvalue weighted by Crippen LogP contribution is 2.22. The van der Waals surface area contributed by atoms with Gasteiger partial charge in [-0.05, 0) is 43.7 Å². The first kappa shape index (κ1) is 15.0. The van der Waals surface area contributed by atoms with Crippen LogP contribution < -0.4 is 10.5 Å². The van der Waals surface area contributed by atoms with Crippen LogP contribution in [-0.2, 0) is 11.2 Å². The maximum absolute atomic E-state index is 11.6. The number of ether oxygens (including phenoxy) is 1. The maximum Gasteiger partial charge on any atom is 0.260 e. The van der Waals surface area contributed by atoms with E-state index in [4.69, 9.17) is 10.5 Å². The summed E-state index contributed by atoms with van der Waals surface area (Å²) in [5.74, 6) is 0.667. The summed E-state index contributed by atoms with van der Waals surface area (Å²) in [6.07, 6.45) is 0.778. The average molecular weight is 315 g/mol. The largest absolute Gasteiger partial charge is 0.484 e. The molecule has 0 heterocycles. The van der Waals surface area contributed by atoms with Crippen LogP contribution in [0.4, 0.5) is 0 Å². The Balaban J connectivity index is 2.62. The highest BCUT2D eigenvalue weighted by molar-refractivity contribution is 9.10. The number of benzene rings is 1. The zero-order chi connectivity index (χ0) is 13.5. The highest BCUT2D eigenvalue weighted by Gasteiger charge is 2.08. The van der Waals surface area contributed by atoms with Crippen molar-refractivity contribution < 1.29 is 9.53 Å². The Morgan fingerprint density at radius 1 is 1.50 bits per heavy atom. The molecular weight excluding hydrogens is 296 g/mol. The molecule has 2 N–H and O–H groups in total. The SMILES string of the molecule is CCN(C)C(=O)COc1ccc(Br)c(CCN)c1. The summed E-state index contributed by atoms with van der Waals surface area (Å²) in [6, 6.07) is 5.66. The molecule has 0 spiro atoms. The number of likely N-dealkylation sites (N-methyl/N-ethyl adjacent to an activating group) is 1. The topological polar surface area (TPSA) is 55.6 Å². The molecule has 100 valence electrons. The monoisotopic (exact) mass is 314 g/mol. The van der Waals surface area contributed by atoms with Crippen LogP contribution in [0.25, 0.3) is 0 Å². The Morgan fingerprint density at radius 2 is 2.22 bits per heavy atom. The first-order chi connectivity index (χ1) is 8.58. The molecule has 0 fully saturated rings. The van der Waals surface area contributed by atoms with Crippen molar-refractivity contribution in [1.82, 2.24) is 4.90 Å². The molecule has 4 nitrogen and oxygen atoms in total. The van der Waals surface area contributed by atoms with Gasteiger partial charge in [-0.1, -0.05) is 15.9 Å². The first-order valence-corrected chi connectivity index (χ1v) is 6.73. The third kappa shape index (κ3) is 4.31. The standard InChI is InChI=1S/C13H19BrN2O2/c1-3-16(2)13(17)9-18-11-4-5-12(14)10(8-11)6-7-15/h4-5,8H,3,6-7,9,15H2,1-2H3. The number of carbonyl (C=O) groups is 1. The lowest BCUT2D eigenvalue weighted by Gasteiger charge is -2.15. The predicted molar refractivity (Wildman–Crippen MR) is 75.7 cm³/mol. The first-order valence-electron chi connectivity index (χ1n) is 5.93. The Bertz CT molecular complexity index is 410. The molecule has 0 aliphatic heterocycles.